The molecule has 0 heterocycles. The molecule has 2 N–H and O–H groups in total. The van der Waals surface area contributed by atoms with Gasteiger partial charge in [0, 0.05) is 5.92 Å². The van der Waals surface area contributed by atoms with Crippen molar-refractivity contribution in [1.82, 2.24) is 5.48 Å². The van der Waals surface area contributed by atoms with E-state index in [-0.39, 0.29) is 11.8 Å². The predicted molar refractivity (Wildman–Crippen MR) is 38.8 cm³/mol. The Kier molecular flexibility index (Phi) is 1.46. The van der Waals surface area contributed by atoms with E-state index in [1.807, 2.05) is 0 Å². The van der Waals surface area contributed by atoms with Crippen LogP contribution in [0, 0.1) is 17.8 Å². The second kappa shape index (κ2) is 2.34. The van der Waals surface area contributed by atoms with Gasteiger partial charge in [-0.3, -0.25) is 10.0 Å². The Morgan fingerprint density at radius 1 is 1.45 bits per heavy atom. The highest BCUT2D eigenvalue weighted by molar-refractivity contribution is 5.78. The first-order chi connectivity index (χ1) is 5.31. The van der Waals surface area contributed by atoms with Gasteiger partial charge >= 0.3 is 0 Å². The Morgan fingerprint density at radius 2 is 2.27 bits per heavy atom. The zero-order chi connectivity index (χ0) is 7.84. The molecule has 0 aromatic rings. The number of rotatable bonds is 1. The molecule has 2 bridgehead atoms. The van der Waals surface area contributed by atoms with Crippen LogP contribution < -0.4 is 5.48 Å². The van der Waals surface area contributed by atoms with Gasteiger partial charge in [0.05, 0.1) is 0 Å². The Labute approximate surface area is 65.1 Å². The molecular formula is C8H11NO2. The second-order valence-corrected chi connectivity index (χ2v) is 3.36. The molecule has 0 aromatic carbocycles. The van der Waals surface area contributed by atoms with Crippen LogP contribution >= 0.6 is 0 Å². The van der Waals surface area contributed by atoms with Gasteiger partial charge in [-0.05, 0) is 24.7 Å². The van der Waals surface area contributed by atoms with Gasteiger partial charge in [-0.1, -0.05) is 12.2 Å². The minimum absolute atomic E-state index is 0.0231. The number of fused-ring (bicyclic) bond motifs is 2. The zero-order valence-corrected chi connectivity index (χ0v) is 6.16. The average Bonchev–Trinajstić information content (AvgIpc) is 2.62. The van der Waals surface area contributed by atoms with E-state index in [1.165, 1.54) is 0 Å². The topological polar surface area (TPSA) is 49.3 Å². The molecule has 0 radical (unpaired) electrons. The monoisotopic (exact) mass is 153 g/mol. The van der Waals surface area contributed by atoms with Crippen molar-refractivity contribution >= 4 is 5.91 Å². The Hall–Kier alpha value is -0.830. The number of allylic oxidation sites excluding steroid dienone is 2. The van der Waals surface area contributed by atoms with Crippen LogP contribution in [-0.4, -0.2) is 11.1 Å². The van der Waals surface area contributed by atoms with Gasteiger partial charge in [0.25, 0.3) is 0 Å². The summed E-state index contributed by atoms with van der Waals surface area (Å²) in [6.07, 6.45) is 6.27. The molecule has 11 heavy (non-hydrogen) atoms. The van der Waals surface area contributed by atoms with Crippen molar-refractivity contribution in [2.45, 2.75) is 12.8 Å². The van der Waals surface area contributed by atoms with Crippen LogP contribution in [-0.2, 0) is 4.79 Å². The van der Waals surface area contributed by atoms with Gasteiger partial charge < -0.3 is 0 Å². The molecule has 1 saturated carbocycles. The summed E-state index contributed by atoms with van der Waals surface area (Å²) in [4.78, 5) is 11.0. The predicted octanol–water partition coefficient (Wildman–Crippen LogP) is 0.704. The van der Waals surface area contributed by atoms with E-state index in [1.54, 1.807) is 5.48 Å². The largest absolute Gasteiger partial charge is 0.289 e. The van der Waals surface area contributed by atoms with Crippen LogP contribution in [0.15, 0.2) is 12.2 Å². The van der Waals surface area contributed by atoms with Crippen LogP contribution in [0.3, 0.4) is 0 Å². The molecule has 3 heteroatoms. The summed E-state index contributed by atoms with van der Waals surface area (Å²) in [5.41, 5.74) is 1.72. The zero-order valence-electron chi connectivity index (χ0n) is 6.16. The van der Waals surface area contributed by atoms with Gasteiger partial charge in [0.2, 0.25) is 5.91 Å². The van der Waals surface area contributed by atoms with E-state index in [4.69, 9.17) is 5.21 Å². The van der Waals surface area contributed by atoms with E-state index in [2.05, 4.69) is 12.2 Å². The molecule has 0 saturated heterocycles. The van der Waals surface area contributed by atoms with E-state index in [9.17, 15) is 4.79 Å². The van der Waals surface area contributed by atoms with Crippen molar-refractivity contribution in [2.75, 3.05) is 0 Å². The van der Waals surface area contributed by atoms with Gasteiger partial charge in [0.15, 0.2) is 0 Å². The molecule has 3 nitrogen and oxygen atoms in total. The highest BCUT2D eigenvalue weighted by Crippen LogP contribution is 2.43. The highest BCUT2D eigenvalue weighted by atomic mass is 16.5. The third kappa shape index (κ3) is 0.959. The molecular weight excluding hydrogens is 142 g/mol. The van der Waals surface area contributed by atoms with Crippen LogP contribution in [0.25, 0.3) is 0 Å². The molecule has 0 aromatic heterocycles. The molecule has 0 aliphatic heterocycles. The molecule has 1 amide bonds. The van der Waals surface area contributed by atoms with Crippen LogP contribution in [0.2, 0.25) is 0 Å². The van der Waals surface area contributed by atoms with Gasteiger partial charge in [-0.15, -0.1) is 0 Å². The van der Waals surface area contributed by atoms with Crippen LogP contribution in [0.1, 0.15) is 12.8 Å². The summed E-state index contributed by atoms with van der Waals surface area (Å²) in [6.45, 7) is 0. The molecule has 0 unspecified atom stereocenters. The highest BCUT2D eigenvalue weighted by Gasteiger charge is 2.39. The summed E-state index contributed by atoms with van der Waals surface area (Å²) in [5, 5.41) is 8.40. The number of carbonyl (C=O) groups excluding carboxylic acids is 1. The fraction of sp³-hybridized carbons (Fsp3) is 0.625. The first kappa shape index (κ1) is 6.85. The van der Waals surface area contributed by atoms with Crippen molar-refractivity contribution < 1.29 is 10.0 Å². The van der Waals surface area contributed by atoms with E-state index >= 15 is 0 Å². The van der Waals surface area contributed by atoms with E-state index < -0.39 is 0 Å². The molecule has 2 aliphatic carbocycles. The normalized spacial score (nSPS) is 39.5. The van der Waals surface area contributed by atoms with E-state index in [0.717, 1.165) is 12.8 Å². The van der Waals surface area contributed by atoms with Crippen LogP contribution in [0.5, 0.6) is 0 Å². The fourth-order valence-corrected chi connectivity index (χ4v) is 2.17. The fourth-order valence-electron chi connectivity index (χ4n) is 2.17. The maximum Gasteiger partial charge on any atom is 0.247 e. The van der Waals surface area contributed by atoms with Crippen molar-refractivity contribution in [1.29, 1.82) is 0 Å². The first-order valence-corrected chi connectivity index (χ1v) is 3.93. The lowest BCUT2D eigenvalue weighted by Crippen LogP contribution is -2.30. The maximum atomic E-state index is 11.0. The Bertz CT molecular complexity index is 212. The lowest BCUT2D eigenvalue weighted by molar-refractivity contribution is -0.134. The molecule has 60 valence electrons. The third-order valence-corrected chi connectivity index (χ3v) is 2.73. The standard InChI is InChI=1S/C8H11NO2/c10-8(9-11)7-4-5-1-2-6(7)3-5/h1-2,5-7,11H,3-4H2,(H,9,10)/t5-,6+,7-/m0/s1. The van der Waals surface area contributed by atoms with Crippen molar-refractivity contribution in [2.24, 2.45) is 17.8 Å². The summed E-state index contributed by atoms with van der Waals surface area (Å²) < 4.78 is 0. The average molecular weight is 153 g/mol. The van der Waals surface area contributed by atoms with E-state index in [0.29, 0.717) is 11.8 Å². The molecule has 1 fully saturated rings. The molecule has 3 atom stereocenters. The Balaban J connectivity index is 2.08. The summed E-state index contributed by atoms with van der Waals surface area (Å²) in [6, 6.07) is 0. The quantitative estimate of drug-likeness (QED) is 0.331. The van der Waals surface area contributed by atoms with Crippen molar-refractivity contribution in [3.63, 3.8) is 0 Å². The molecule has 2 aliphatic rings. The van der Waals surface area contributed by atoms with Gasteiger partial charge in [-0.25, -0.2) is 5.48 Å². The second-order valence-electron chi connectivity index (χ2n) is 3.36. The number of hydrogen-bond donors (Lipinski definition) is 2. The lowest BCUT2D eigenvalue weighted by Gasteiger charge is -2.14. The SMILES string of the molecule is O=C(NO)[C@H]1C[C@H]2C=C[C@@H]1C2. The van der Waals surface area contributed by atoms with Crippen molar-refractivity contribution in [3.05, 3.63) is 12.2 Å². The maximum absolute atomic E-state index is 11.0. The number of carbonyl (C=O) groups is 1. The van der Waals surface area contributed by atoms with Gasteiger partial charge in [-0.2, -0.15) is 0 Å². The number of amides is 1. The van der Waals surface area contributed by atoms with Crippen molar-refractivity contribution in [3.8, 4) is 0 Å². The summed E-state index contributed by atoms with van der Waals surface area (Å²) in [5.74, 6) is 0.770. The minimum Gasteiger partial charge on any atom is -0.289 e. The van der Waals surface area contributed by atoms with Gasteiger partial charge in [0.1, 0.15) is 0 Å². The Morgan fingerprint density at radius 3 is 2.73 bits per heavy atom. The lowest BCUT2D eigenvalue weighted by atomic mass is 9.93. The number of hydroxylamine groups is 1. The smallest absolute Gasteiger partial charge is 0.247 e. The third-order valence-electron chi connectivity index (χ3n) is 2.73. The summed E-state index contributed by atoms with van der Waals surface area (Å²) >= 11 is 0. The summed E-state index contributed by atoms with van der Waals surface area (Å²) in [7, 11) is 0. The molecule has 0 spiro atoms. The molecule has 2 rings (SSSR count). The first-order valence-electron chi connectivity index (χ1n) is 3.93. The minimum atomic E-state index is -0.221. The number of nitrogens with one attached hydrogen (secondary N) is 1. The number of hydrogen-bond acceptors (Lipinski definition) is 2. The van der Waals surface area contributed by atoms with Crippen LogP contribution in [0.4, 0.5) is 0 Å².